The van der Waals surface area contributed by atoms with Gasteiger partial charge in [-0.3, -0.25) is 9.80 Å². The van der Waals surface area contributed by atoms with E-state index in [-0.39, 0.29) is 12.8 Å². The molecular formula is C26H32N2O4. The fourth-order valence-electron chi connectivity index (χ4n) is 3.40. The van der Waals surface area contributed by atoms with E-state index in [1.165, 1.54) is 0 Å². The Morgan fingerprint density at radius 3 is 1.91 bits per heavy atom. The van der Waals surface area contributed by atoms with Crippen molar-refractivity contribution in [1.82, 2.24) is 9.80 Å². The smallest absolute Gasteiger partial charge is 0.338 e. The summed E-state index contributed by atoms with van der Waals surface area (Å²) in [6, 6.07) is 15.0. The van der Waals surface area contributed by atoms with Crippen LogP contribution in [0, 0.1) is 0 Å². The van der Waals surface area contributed by atoms with Gasteiger partial charge in [0.05, 0.1) is 12.2 Å². The van der Waals surface area contributed by atoms with Crippen molar-refractivity contribution in [3.8, 4) is 5.75 Å². The van der Waals surface area contributed by atoms with Gasteiger partial charge in [-0.2, -0.15) is 0 Å². The average molecular weight is 437 g/mol. The molecule has 1 aliphatic rings. The predicted octanol–water partition coefficient (Wildman–Crippen LogP) is 3.80. The maximum Gasteiger partial charge on any atom is 0.338 e. The van der Waals surface area contributed by atoms with Crippen molar-refractivity contribution >= 4 is 18.1 Å². The van der Waals surface area contributed by atoms with E-state index < -0.39 is 0 Å². The van der Waals surface area contributed by atoms with Gasteiger partial charge in [-0.05, 0) is 35.4 Å². The molecule has 0 atom stereocenters. The third kappa shape index (κ3) is 7.64. The van der Waals surface area contributed by atoms with Crippen LogP contribution < -0.4 is 4.74 Å². The van der Waals surface area contributed by atoms with Crippen LogP contribution in [0.5, 0.6) is 5.75 Å². The quantitative estimate of drug-likeness (QED) is 0.287. The van der Waals surface area contributed by atoms with Crippen molar-refractivity contribution in [2.45, 2.75) is 0 Å². The highest BCUT2D eigenvalue weighted by atomic mass is 16.7. The van der Waals surface area contributed by atoms with E-state index in [9.17, 15) is 4.79 Å². The Morgan fingerprint density at radius 1 is 0.812 bits per heavy atom. The van der Waals surface area contributed by atoms with Gasteiger partial charge in [-0.25, -0.2) is 4.79 Å². The lowest BCUT2D eigenvalue weighted by Gasteiger charge is -2.34. The maximum atomic E-state index is 12.1. The molecule has 2 aromatic rings. The standard InChI is InChI=1S/C26H32N2O4/c1-3-22-5-9-24(10-6-22)26(29)31-20-18-28-15-13-27(14-16-28)17-19-30-21-32-25-11-7-23(4-2)8-12-25/h3-12H,1-2,13-21H2. The van der Waals surface area contributed by atoms with Crippen molar-refractivity contribution < 1.29 is 19.0 Å². The second-order valence-corrected chi connectivity index (χ2v) is 7.59. The molecule has 1 aliphatic heterocycles. The van der Waals surface area contributed by atoms with Crippen LogP contribution in [0.15, 0.2) is 61.7 Å². The van der Waals surface area contributed by atoms with Crippen LogP contribution >= 0.6 is 0 Å². The van der Waals surface area contributed by atoms with Crippen LogP contribution in [0.1, 0.15) is 21.5 Å². The molecule has 6 nitrogen and oxygen atoms in total. The predicted molar refractivity (Wildman–Crippen MR) is 128 cm³/mol. The third-order valence-corrected chi connectivity index (χ3v) is 5.46. The van der Waals surface area contributed by atoms with Crippen molar-refractivity contribution in [3.05, 3.63) is 78.4 Å². The summed E-state index contributed by atoms with van der Waals surface area (Å²) < 4.78 is 16.6. The molecular weight excluding hydrogens is 404 g/mol. The first-order valence-electron chi connectivity index (χ1n) is 11.0. The lowest BCUT2D eigenvalue weighted by Crippen LogP contribution is -2.48. The fourth-order valence-corrected chi connectivity index (χ4v) is 3.40. The normalized spacial score (nSPS) is 14.6. The number of carbonyl (C=O) groups is 1. The van der Waals surface area contributed by atoms with E-state index in [0.717, 1.165) is 56.1 Å². The molecule has 0 radical (unpaired) electrons. The molecule has 1 heterocycles. The molecule has 32 heavy (non-hydrogen) atoms. The van der Waals surface area contributed by atoms with E-state index in [0.29, 0.717) is 18.8 Å². The number of esters is 1. The summed E-state index contributed by atoms with van der Waals surface area (Å²) in [5.41, 5.74) is 2.61. The van der Waals surface area contributed by atoms with Crippen LogP contribution in [0.25, 0.3) is 12.2 Å². The maximum absolute atomic E-state index is 12.1. The molecule has 3 rings (SSSR count). The number of ether oxygens (including phenoxy) is 3. The van der Waals surface area contributed by atoms with Gasteiger partial charge < -0.3 is 14.2 Å². The van der Waals surface area contributed by atoms with E-state index >= 15 is 0 Å². The number of carbonyl (C=O) groups excluding carboxylic acids is 1. The summed E-state index contributed by atoms with van der Waals surface area (Å²) in [6.07, 6.45) is 3.55. The number of rotatable bonds is 12. The minimum absolute atomic E-state index is 0.245. The second kappa shape index (κ2) is 12.8. The molecule has 2 aromatic carbocycles. The third-order valence-electron chi connectivity index (χ3n) is 5.46. The summed E-state index contributed by atoms with van der Waals surface area (Å²) in [6.45, 7) is 14.2. The van der Waals surface area contributed by atoms with Crippen molar-refractivity contribution in [2.24, 2.45) is 0 Å². The molecule has 0 aliphatic carbocycles. The van der Waals surface area contributed by atoms with Gasteiger partial charge in [0.15, 0.2) is 6.79 Å². The molecule has 0 N–H and O–H groups in total. The van der Waals surface area contributed by atoms with Crippen LogP contribution in [0.3, 0.4) is 0 Å². The summed E-state index contributed by atoms with van der Waals surface area (Å²) in [5.74, 6) is 0.508. The lowest BCUT2D eigenvalue weighted by atomic mass is 10.1. The molecule has 6 heteroatoms. The van der Waals surface area contributed by atoms with Crippen molar-refractivity contribution in [3.63, 3.8) is 0 Å². The Kier molecular flexibility index (Phi) is 9.50. The van der Waals surface area contributed by atoms with E-state index in [1.54, 1.807) is 24.3 Å². The van der Waals surface area contributed by atoms with Gasteiger partial charge in [0, 0.05) is 39.3 Å². The summed E-state index contributed by atoms with van der Waals surface area (Å²) >= 11 is 0. The Hall–Kier alpha value is -2.93. The SMILES string of the molecule is C=Cc1ccc(OCOCCN2CCN(CCOC(=O)c3ccc(C=C)cc3)CC2)cc1. The first kappa shape index (κ1) is 23.7. The Balaban J connectivity index is 1.23. The molecule has 0 saturated carbocycles. The Bertz CT molecular complexity index is 856. The van der Waals surface area contributed by atoms with Crippen LogP contribution in [-0.2, 0) is 9.47 Å². The number of hydrogen-bond acceptors (Lipinski definition) is 6. The molecule has 0 aromatic heterocycles. The average Bonchev–Trinajstić information content (AvgIpc) is 2.85. The first-order chi connectivity index (χ1) is 15.7. The van der Waals surface area contributed by atoms with Crippen molar-refractivity contribution in [1.29, 1.82) is 0 Å². The highest BCUT2D eigenvalue weighted by Crippen LogP contribution is 2.12. The molecule has 1 saturated heterocycles. The first-order valence-corrected chi connectivity index (χ1v) is 11.0. The Morgan fingerprint density at radius 2 is 1.34 bits per heavy atom. The molecule has 0 spiro atoms. The summed E-state index contributed by atoms with van der Waals surface area (Å²) in [5, 5.41) is 0. The second-order valence-electron chi connectivity index (χ2n) is 7.59. The van der Waals surface area contributed by atoms with Crippen molar-refractivity contribution in [2.75, 3.05) is 59.3 Å². The highest BCUT2D eigenvalue weighted by Gasteiger charge is 2.17. The van der Waals surface area contributed by atoms with Gasteiger partial charge in [0.1, 0.15) is 12.4 Å². The number of piperazine rings is 1. The zero-order chi connectivity index (χ0) is 22.6. The van der Waals surface area contributed by atoms with Crippen LogP contribution in [0.4, 0.5) is 0 Å². The van der Waals surface area contributed by atoms with Gasteiger partial charge >= 0.3 is 5.97 Å². The van der Waals surface area contributed by atoms with Gasteiger partial charge in [-0.15, -0.1) is 0 Å². The highest BCUT2D eigenvalue weighted by molar-refractivity contribution is 5.89. The molecule has 0 bridgehead atoms. The molecule has 170 valence electrons. The van der Waals surface area contributed by atoms with Gasteiger partial charge in [0.25, 0.3) is 0 Å². The number of nitrogens with zero attached hydrogens (tertiary/aromatic N) is 2. The number of benzene rings is 2. The molecule has 0 unspecified atom stereocenters. The zero-order valence-electron chi connectivity index (χ0n) is 18.6. The fraction of sp³-hybridized carbons (Fsp3) is 0.346. The van der Waals surface area contributed by atoms with Crippen LogP contribution in [0.2, 0.25) is 0 Å². The minimum atomic E-state index is -0.282. The Labute approximate surface area is 190 Å². The monoisotopic (exact) mass is 436 g/mol. The summed E-state index contributed by atoms with van der Waals surface area (Å²) in [4.78, 5) is 16.8. The lowest BCUT2D eigenvalue weighted by molar-refractivity contribution is -0.00126. The topological polar surface area (TPSA) is 51.2 Å². The largest absolute Gasteiger partial charge is 0.468 e. The minimum Gasteiger partial charge on any atom is -0.468 e. The van der Waals surface area contributed by atoms with Gasteiger partial charge in [0.2, 0.25) is 0 Å². The van der Waals surface area contributed by atoms with E-state index in [2.05, 4.69) is 23.0 Å². The van der Waals surface area contributed by atoms with Gasteiger partial charge in [-0.1, -0.05) is 49.6 Å². The molecule has 0 amide bonds. The van der Waals surface area contributed by atoms with E-state index in [1.807, 2.05) is 36.4 Å². The van der Waals surface area contributed by atoms with E-state index in [4.69, 9.17) is 14.2 Å². The zero-order valence-corrected chi connectivity index (χ0v) is 18.6. The van der Waals surface area contributed by atoms with Crippen LogP contribution in [-0.4, -0.2) is 75.0 Å². The molecule has 1 fully saturated rings. The number of hydrogen-bond donors (Lipinski definition) is 0. The summed E-state index contributed by atoms with van der Waals surface area (Å²) in [7, 11) is 0.